The summed E-state index contributed by atoms with van der Waals surface area (Å²) in [6, 6.07) is 4.34. The monoisotopic (exact) mass is 285 g/mol. The maximum absolute atomic E-state index is 6.25. The van der Waals surface area contributed by atoms with Crippen LogP contribution in [0.15, 0.2) is 12.1 Å². The molecule has 0 aliphatic carbocycles. The first-order valence-corrected chi connectivity index (χ1v) is 7.10. The number of hydrogen-bond donors (Lipinski definition) is 1. The van der Waals surface area contributed by atoms with Crippen molar-refractivity contribution in [1.29, 1.82) is 0 Å². The molecule has 4 heteroatoms. The SMILES string of the molecule is COc1cc(Cl)c(CCCCNC(C)C)cc1OC. The Morgan fingerprint density at radius 3 is 2.32 bits per heavy atom. The topological polar surface area (TPSA) is 30.5 Å². The van der Waals surface area contributed by atoms with Gasteiger partial charge < -0.3 is 14.8 Å². The van der Waals surface area contributed by atoms with E-state index in [1.54, 1.807) is 14.2 Å². The van der Waals surface area contributed by atoms with Crippen LogP contribution < -0.4 is 14.8 Å². The zero-order valence-corrected chi connectivity index (χ0v) is 13.0. The van der Waals surface area contributed by atoms with E-state index in [1.165, 1.54) is 0 Å². The Balaban J connectivity index is 2.53. The smallest absolute Gasteiger partial charge is 0.162 e. The Morgan fingerprint density at radius 2 is 1.74 bits per heavy atom. The molecular weight excluding hydrogens is 262 g/mol. The van der Waals surface area contributed by atoms with Crippen molar-refractivity contribution in [3.05, 3.63) is 22.7 Å². The molecule has 0 atom stereocenters. The number of benzene rings is 1. The molecule has 0 amide bonds. The van der Waals surface area contributed by atoms with E-state index in [9.17, 15) is 0 Å². The van der Waals surface area contributed by atoms with Crippen LogP contribution in [0, 0.1) is 0 Å². The van der Waals surface area contributed by atoms with Crippen molar-refractivity contribution in [2.75, 3.05) is 20.8 Å². The molecule has 0 unspecified atom stereocenters. The highest BCUT2D eigenvalue weighted by atomic mass is 35.5. The Hall–Kier alpha value is -0.930. The van der Waals surface area contributed by atoms with Crippen LogP contribution >= 0.6 is 11.6 Å². The Kier molecular flexibility index (Phi) is 7.03. The molecule has 1 aromatic carbocycles. The molecule has 19 heavy (non-hydrogen) atoms. The van der Waals surface area contributed by atoms with Crippen LogP contribution in [0.25, 0.3) is 0 Å². The molecule has 0 aromatic heterocycles. The van der Waals surface area contributed by atoms with Gasteiger partial charge in [-0.15, -0.1) is 0 Å². The first-order valence-electron chi connectivity index (χ1n) is 6.72. The number of ether oxygens (including phenoxy) is 2. The van der Waals surface area contributed by atoms with Crippen LogP contribution in [0.3, 0.4) is 0 Å². The van der Waals surface area contributed by atoms with E-state index < -0.39 is 0 Å². The second kappa shape index (κ2) is 8.28. The second-order valence-corrected chi connectivity index (χ2v) is 5.27. The minimum Gasteiger partial charge on any atom is -0.493 e. The molecule has 3 nitrogen and oxygen atoms in total. The lowest BCUT2D eigenvalue weighted by Gasteiger charge is -2.12. The summed E-state index contributed by atoms with van der Waals surface area (Å²) in [6.45, 7) is 5.36. The number of halogens is 1. The summed E-state index contributed by atoms with van der Waals surface area (Å²) < 4.78 is 10.5. The van der Waals surface area contributed by atoms with Gasteiger partial charge in [0.1, 0.15) is 0 Å². The van der Waals surface area contributed by atoms with Gasteiger partial charge in [-0.3, -0.25) is 0 Å². The van der Waals surface area contributed by atoms with Crippen molar-refractivity contribution in [2.24, 2.45) is 0 Å². The Bertz CT molecular complexity index is 394. The average molecular weight is 286 g/mol. The number of rotatable bonds is 8. The van der Waals surface area contributed by atoms with Crippen LogP contribution in [0.4, 0.5) is 0 Å². The van der Waals surface area contributed by atoms with Crippen LogP contribution in [-0.4, -0.2) is 26.8 Å². The fourth-order valence-electron chi connectivity index (χ4n) is 1.92. The van der Waals surface area contributed by atoms with E-state index >= 15 is 0 Å². The molecule has 0 spiro atoms. The maximum atomic E-state index is 6.25. The van der Waals surface area contributed by atoms with Gasteiger partial charge >= 0.3 is 0 Å². The number of aryl methyl sites for hydroxylation is 1. The number of methoxy groups -OCH3 is 2. The van der Waals surface area contributed by atoms with Gasteiger partial charge in [-0.25, -0.2) is 0 Å². The molecule has 1 aromatic rings. The highest BCUT2D eigenvalue weighted by Gasteiger charge is 2.09. The molecule has 0 aliphatic rings. The van der Waals surface area contributed by atoms with Crippen molar-refractivity contribution >= 4 is 11.6 Å². The molecule has 0 radical (unpaired) electrons. The van der Waals surface area contributed by atoms with Gasteiger partial charge in [-0.05, 0) is 37.4 Å². The largest absolute Gasteiger partial charge is 0.493 e. The van der Waals surface area contributed by atoms with Gasteiger partial charge in [0.2, 0.25) is 0 Å². The minimum absolute atomic E-state index is 0.546. The van der Waals surface area contributed by atoms with Gasteiger partial charge in [-0.2, -0.15) is 0 Å². The number of nitrogens with one attached hydrogen (secondary N) is 1. The Morgan fingerprint density at radius 1 is 1.11 bits per heavy atom. The summed E-state index contributed by atoms with van der Waals surface area (Å²) in [7, 11) is 3.26. The number of unbranched alkanes of at least 4 members (excludes halogenated alkanes) is 1. The lowest BCUT2D eigenvalue weighted by molar-refractivity contribution is 0.354. The van der Waals surface area contributed by atoms with E-state index in [0.29, 0.717) is 11.8 Å². The molecule has 108 valence electrons. The molecule has 1 rings (SSSR count). The van der Waals surface area contributed by atoms with Gasteiger partial charge in [0.05, 0.1) is 14.2 Å². The maximum Gasteiger partial charge on any atom is 0.162 e. The fraction of sp³-hybridized carbons (Fsp3) is 0.600. The van der Waals surface area contributed by atoms with Crippen molar-refractivity contribution in [3.8, 4) is 11.5 Å². The van der Waals surface area contributed by atoms with Gasteiger partial charge in [0, 0.05) is 17.1 Å². The summed E-state index contributed by atoms with van der Waals surface area (Å²) in [6.07, 6.45) is 3.21. The zero-order chi connectivity index (χ0) is 14.3. The highest BCUT2D eigenvalue weighted by molar-refractivity contribution is 6.31. The van der Waals surface area contributed by atoms with Gasteiger partial charge in [0.15, 0.2) is 11.5 Å². The third-order valence-electron chi connectivity index (χ3n) is 2.98. The normalized spacial score (nSPS) is 10.8. The van der Waals surface area contributed by atoms with Crippen molar-refractivity contribution in [1.82, 2.24) is 5.32 Å². The molecule has 0 heterocycles. The van der Waals surface area contributed by atoms with Crippen LogP contribution in [0.1, 0.15) is 32.3 Å². The van der Waals surface area contributed by atoms with Crippen LogP contribution in [0.5, 0.6) is 11.5 Å². The fourth-order valence-corrected chi connectivity index (χ4v) is 2.17. The van der Waals surface area contributed by atoms with E-state index in [2.05, 4.69) is 19.2 Å². The first-order chi connectivity index (χ1) is 9.08. The highest BCUT2D eigenvalue weighted by Crippen LogP contribution is 2.33. The third-order valence-corrected chi connectivity index (χ3v) is 3.33. The van der Waals surface area contributed by atoms with E-state index in [4.69, 9.17) is 21.1 Å². The predicted octanol–water partition coefficient (Wildman–Crippen LogP) is 3.68. The van der Waals surface area contributed by atoms with E-state index in [0.717, 1.165) is 42.1 Å². The average Bonchev–Trinajstić information content (AvgIpc) is 2.39. The molecule has 0 aliphatic heterocycles. The molecule has 0 saturated heterocycles. The van der Waals surface area contributed by atoms with Crippen LogP contribution in [0.2, 0.25) is 5.02 Å². The van der Waals surface area contributed by atoms with Crippen molar-refractivity contribution in [2.45, 2.75) is 39.2 Å². The molecule has 0 saturated carbocycles. The summed E-state index contributed by atoms with van der Waals surface area (Å²) in [5, 5.41) is 4.15. The zero-order valence-electron chi connectivity index (χ0n) is 12.3. The predicted molar refractivity (Wildman–Crippen MR) is 80.6 cm³/mol. The van der Waals surface area contributed by atoms with Gasteiger partial charge in [-0.1, -0.05) is 25.4 Å². The van der Waals surface area contributed by atoms with Crippen molar-refractivity contribution < 1.29 is 9.47 Å². The molecular formula is C15H24ClNO2. The number of hydrogen-bond acceptors (Lipinski definition) is 3. The third kappa shape index (κ3) is 5.29. The second-order valence-electron chi connectivity index (χ2n) is 4.86. The summed E-state index contributed by atoms with van der Waals surface area (Å²) >= 11 is 6.25. The lowest BCUT2D eigenvalue weighted by atomic mass is 10.1. The lowest BCUT2D eigenvalue weighted by Crippen LogP contribution is -2.23. The standard InChI is InChI=1S/C15H24ClNO2/c1-11(2)17-8-6-5-7-12-9-14(18-3)15(19-4)10-13(12)16/h9-11,17H,5-8H2,1-4H3. The van der Waals surface area contributed by atoms with E-state index in [-0.39, 0.29) is 0 Å². The van der Waals surface area contributed by atoms with Crippen LogP contribution in [-0.2, 0) is 6.42 Å². The van der Waals surface area contributed by atoms with Crippen molar-refractivity contribution in [3.63, 3.8) is 0 Å². The molecule has 1 N–H and O–H groups in total. The quantitative estimate of drug-likeness (QED) is 0.739. The summed E-state index contributed by atoms with van der Waals surface area (Å²) in [4.78, 5) is 0. The summed E-state index contributed by atoms with van der Waals surface area (Å²) in [5.74, 6) is 1.42. The summed E-state index contributed by atoms with van der Waals surface area (Å²) in [5.41, 5.74) is 1.11. The Labute approximate surface area is 121 Å². The first kappa shape index (κ1) is 16.1. The molecule has 0 bridgehead atoms. The van der Waals surface area contributed by atoms with Gasteiger partial charge in [0.25, 0.3) is 0 Å². The molecule has 0 fully saturated rings. The van der Waals surface area contributed by atoms with E-state index in [1.807, 2.05) is 12.1 Å². The minimum atomic E-state index is 0.546.